The van der Waals surface area contributed by atoms with Crippen LogP contribution in [0.5, 0.6) is 0 Å². The maximum Gasteiger partial charge on any atom is 0.407 e. The SMILES string of the molecule is [2H]CCCN(CCC[2H])[C@@H](C)C(=O)N1CCC[C@H]1c1ncc(-c2ccc(-c3ccc(-c4cnc([C@@H]5CCCN5C(=O)[C@@H](NC(=O)OC)C(C)C)[nH]4)cc3)cc2)[nH]1. The summed E-state index contributed by atoms with van der Waals surface area (Å²) < 4.78 is 19.9. The first-order chi connectivity index (χ1) is 27.1. The van der Waals surface area contributed by atoms with Crippen molar-refractivity contribution < 1.29 is 21.9 Å². The van der Waals surface area contributed by atoms with Crippen LogP contribution in [0.3, 0.4) is 0 Å². The third-order valence-corrected chi connectivity index (χ3v) is 10.8. The van der Waals surface area contributed by atoms with Crippen molar-refractivity contribution in [2.24, 2.45) is 5.92 Å². The molecule has 2 saturated heterocycles. The maximum absolute atomic E-state index is 13.7. The third-order valence-electron chi connectivity index (χ3n) is 10.8. The van der Waals surface area contributed by atoms with Gasteiger partial charge in [-0.3, -0.25) is 14.5 Å². The van der Waals surface area contributed by atoms with Crippen molar-refractivity contribution >= 4 is 17.9 Å². The number of H-pyrrole nitrogens is 2. The number of aromatic amines is 2. The summed E-state index contributed by atoms with van der Waals surface area (Å²) in [5.74, 6) is 1.38. The summed E-state index contributed by atoms with van der Waals surface area (Å²) in [6, 6.07) is 15.4. The van der Waals surface area contributed by atoms with Gasteiger partial charge in [-0.1, -0.05) is 76.2 Å². The number of alkyl carbamates (subject to hydrolysis) is 1. The number of rotatable bonds is 14. The summed E-state index contributed by atoms with van der Waals surface area (Å²) in [6.07, 6.45) is 7.87. The highest BCUT2D eigenvalue weighted by atomic mass is 16.5. The van der Waals surface area contributed by atoms with Crippen molar-refractivity contribution in [1.82, 2.24) is 40.0 Å². The average Bonchev–Trinajstić information content (AvgIpc) is 4.06. The molecule has 2 aliphatic heterocycles. The minimum atomic E-state index is -0.683. The molecule has 54 heavy (non-hydrogen) atoms. The van der Waals surface area contributed by atoms with E-state index < -0.39 is 12.1 Å². The van der Waals surface area contributed by atoms with Crippen LogP contribution in [0.15, 0.2) is 60.9 Å². The first kappa shape index (κ1) is 36.0. The fourth-order valence-electron chi connectivity index (χ4n) is 7.80. The number of carbonyl (C=O) groups is 3. The second-order valence-electron chi connectivity index (χ2n) is 14.7. The Kier molecular flexibility index (Phi) is 11.6. The number of ether oxygens (including phenoxy) is 1. The summed E-state index contributed by atoms with van der Waals surface area (Å²) in [5, 5.41) is 2.70. The minimum absolute atomic E-state index is 0.0855. The summed E-state index contributed by atoms with van der Waals surface area (Å²) >= 11 is 0. The van der Waals surface area contributed by atoms with Gasteiger partial charge in [0, 0.05) is 15.8 Å². The Bertz CT molecular complexity index is 1910. The zero-order chi connectivity index (χ0) is 39.8. The molecule has 2 aromatic heterocycles. The lowest BCUT2D eigenvalue weighted by Crippen LogP contribution is -2.51. The van der Waals surface area contributed by atoms with Crippen LogP contribution in [-0.4, -0.2) is 97.9 Å². The number of likely N-dealkylation sites (tertiary alicyclic amines) is 2. The van der Waals surface area contributed by atoms with Crippen molar-refractivity contribution in [3.05, 3.63) is 72.6 Å². The maximum atomic E-state index is 13.7. The molecule has 3 amide bonds. The van der Waals surface area contributed by atoms with E-state index >= 15 is 0 Å². The normalized spacial score (nSPS) is 18.9. The van der Waals surface area contributed by atoms with Crippen molar-refractivity contribution in [3.63, 3.8) is 0 Å². The number of benzene rings is 2. The molecule has 0 spiro atoms. The van der Waals surface area contributed by atoms with E-state index in [1.165, 1.54) is 7.11 Å². The summed E-state index contributed by atoms with van der Waals surface area (Å²) in [6.45, 7) is 9.09. The molecule has 12 nitrogen and oxygen atoms in total. The quantitative estimate of drug-likeness (QED) is 0.123. The number of imidazole rings is 2. The number of hydrogen-bond acceptors (Lipinski definition) is 7. The van der Waals surface area contributed by atoms with Crippen LogP contribution < -0.4 is 5.32 Å². The van der Waals surface area contributed by atoms with Gasteiger partial charge in [0.1, 0.15) is 17.7 Å². The number of hydrogen-bond donors (Lipinski definition) is 3. The van der Waals surface area contributed by atoms with E-state index in [4.69, 9.17) is 12.5 Å². The van der Waals surface area contributed by atoms with Gasteiger partial charge in [0.05, 0.1) is 49.0 Å². The van der Waals surface area contributed by atoms with Gasteiger partial charge in [-0.25, -0.2) is 14.8 Å². The number of nitrogens with one attached hydrogen (secondary N) is 3. The number of nitrogens with zero attached hydrogens (tertiary/aromatic N) is 5. The van der Waals surface area contributed by atoms with Gasteiger partial charge >= 0.3 is 6.09 Å². The van der Waals surface area contributed by atoms with Crippen LogP contribution in [0.4, 0.5) is 4.79 Å². The van der Waals surface area contributed by atoms with Gasteiger partial charge < -0.3 is 29.8 Å². The van der Waals surface area contributed by atoms with Crippen molar-refractivity contribution in [3.8, 4) is 33.6 Å². The lowest BCUT2D eigenvalue weighted by Gasteiger charge is -2.33. The predicted molar refractivity (Wildman–Crippen MR) is 210 cm³/mol. The molecular formula is C42H56N8O4. The van der Waals surface area contributed by atoms with Crippen LogP contribution in [0.2, 0.25) is 0 Å². The van der Waals surface area contributed by atoms with Crippen LogP contribution in [-0.2, 0) is 14.3 Å². The Hall–Kier alpha value is -4.97. The van der Waals surface area contributed by atoms with Crippen molar-refractivity contribution in [2.45, 2.75) is 97.3 Å². The van der Waals surface area contributed by atoms with E-state index in [1.54, 1.807) is 0 Å². The first-order valence-corrected chi connectivity index (χ1v) is 19.2. The Morgan fingerprint density at radius 2 is 1.26 bits per heavy atom. The highest BCUT2D eigenvalue weighted by molar-refractivity contribution is 5.86. The standard InChI is InChI=1S/C42H56N8O4/c1-7-21-48(22-8-2)28(5)40(51)49-23-9-11-35(49)38-43-25-33(45-38)31-17-13-29(14-18-31)30-15-19-32(20-16-30)34-26-44-39(46-34)36-12-10-24-50(36)41(52)37(27(3)4)47-42(53)54-6/h13-20,25-28,35-37H,7-12,21-24H2,1-6H3,(H,43,45)(H,44,46)(H,47,53)/t28-,35-,36-,37-/m0/s1/i1D,2D. The van der Waals surface area contributed by atoms with Gasteiger partial charge in [0.2, 0.25) is 11.8 Å². The van der Waals surface area contributed by atoms with Gasteiger partial charge in [-0.15, -0.1) is 0 Å². The second kappa shape index (κ2) is 17.4. The van der Waals surface area contributed by atoms with Crippen LogP contribution in [0.1, 0.15) is 99.6 Å². The summed E-state index contributed by atoms with van der Waals surface area (Å²) in [7, 11) is 1.29. The van der Waals surface area contributed by atoms with E-state index in [9.17, 15) is 14.4 Å². The Labute approximate surface area is 321 Å². The van der Waals surface area contributed by atoms with E-state index in [-0.39, 0.29) is 35.9 Å². The molecule has 2 aliphatic rings. The van der Waals surface area contributed by atoms with E-state index in [0.717, 1.165) is 71.0 Å². The summed E-state index contributed by atoms with van der Waals surface area (Å²) in [4.78, 5) is 61.5. The Morgan fingerprint density at radius 3 is 1.70 bits per heavy atom. The van der Waals surface area contributed by atoms with E-state index in [0.29, 0.717) is 52.8 Å². The second-order valence-corrected chi connectivity index (χ2v) is 14.7. The van der Waals surface area contributed by atoms with Crippen molar-refractivity contribution in [1.29, 1.82) is 0 Å². The Morgan fingerprint density at radius 1 is 0.796 bits per heavy atom. The van der Waals surface area contributed by atoms with Gasteiger partial charge in [0.25, 0.3) is 0 Å². The molecule has 0 saturated carbocycles. The first-order valence-electron chi connectivity index (χ1n) is 20.6. The number of methoxy groups -OCH3 is 1. The highest BCUT2D eigenvalue weighted by Crippen LogP contribution is 2.35. The topological polar surface area (TPSA) is 140 Å². The number of amides is 3. The zero-order valence-corrected chi connectivity index (χ0v) is 32.0. The molecule has 2 fully saturated rings. The van der Waals surface area contributed by atoms with Crippen LogP contribution in [0, 0.1) is 5.92 Å². The molecule has 4 atom stereocenters. The molecule has 3 N–H and O–H groups in total. The molecule has 0 aliphatic carbocycles. The molecule has 0 unspecified atom stereocenters. The van der Waals surface area contributed by atoms with E-state index in [1.807, 2.05) is 43.0 Å². The fraction of sp³-hybridized carbons (Fsp3) is 0.500. The fourth-order valence-corrected chi connectivity index (χ4v) is 7.80. The molecule has 0 radical (unpaired) electrons. The Balaban J connectivity index is 1.09. The largest absolute Gasteiger partial charge is 0.453 e. The smallest absolute Gasteiger partial charge is 0.407 e. The van der Waals surface area contributed by atoms with Gasteiger partial charge in [0.15, 0.2) is 0 Å². The van der Waals surface area contributed by atoms with Gasteiger partial charge in [-0.2, -0.15) is 0 Å². The van der Waals surface area contributed by atoms with Crippen LogP contribution >= 0.6 is 0 Å². The average molecular weight is 739 g/mol. The predicted octanol–water partition coefficient (Wildman–Crippen LogP) is 7.35. The number of aromatic nitrogens is 4. The van der Waals surface area contributed by atoms with E-state index in [2.05, 4.69) is 73.7 Å². The monoisotopic (exact) mass is 738 g/mol. The summed E-state index contributed by atoms with van der Waals surface area (Å²) in [5.41, 5.74) is 5.91. The molecule has 288 valence electrons. The minimum Gasteiger partial charge on any atom is -0.453 e. The van der Waals surface area contributed by atoms with Crippen LogP contribution in [0.25, 0.3) is 33.6 Å². The molecule has 12 heteroatoms. The van der Waals surface area contributed by atoms with Crippen molar-refractivity contribution in [2.75, 3.05) is 33.3 Å². The third kappa shape index (κ3) is 8.38. The zero-order valence-electron chi connectivity index (χ0n) is 34.0. The molecule has 6 rings (SSSR count). The van der Waals surface area contributed by atoms with Gasteiger partial charge in [-0.05, 0) is 86.7 Å². The molecule has 2 aromatic carbocycles. The lowest BCUT2D eigenvalue weighted by molar-refractivity contribution is -0.137. The molecule has 4 heterocycles. The lowest BCUT2D eigenvalue weighted by atomic mass is 10.0. The molecular weight excluding hydrogens is 681 g/mol. The highest BCUT2D eigenvalue weighted by Gasteiger charge is 2.38. The molecule has 4 aromatic rings. The molecule has 0 bridgehead atoms. The number of carbonyl (C=O) groups excluding carboxylic acids is 3.